The summed E-state index contributed by atoms with van der Waals surface area (Å²) in [4.78, 5) is 58.4. The van der Waals surface area contributed by atoms with Crippen LogP contribution in [0.4, 0.5) is 11.6 Å². The van der Waals surface area contributed by atoms with E-state index in [4.69, 9.17) is 27.2 Å². The molecule has 2 aromatic carbocycles. The molecule has 2 aliphatic rings. The summed E-state index contributed by atoms with van der Waals surface area (Å²) < 4.78 is 4.67. The van der Waals surface area contributed by atoms with Crippen LogP contribution in [0.5, 0.6) is 0 Å². The van der Waals surface area contributed by atoms with Crippen molar-refractivity contribution in [2.24, 2.45) is 17.6 Å². The standard InChI is InChI=1S/C31H39N5O3.C18H25N5.CH3I.3HI.V/c1-2-3-12-26-34-29-30(23-9-6-7-10-24(23)33-31(29)32)35(26)19-8-4-5-11-25(37)22-15-13-21(14-16-22)20-36-27(38)17-18-28(36)39;1-2-3-10-15-22-16-17(23(15)12-7-6-11-19)13-8-4-5-9-14(13)21-18(16)20;1-2;;;;/h6-7,9-10,17-18,21-22H,2-5,8,11-16,19-20H2,1H3,(H2,32,33);4-5,8-9H,2-3,6-7,10-12,19H2,1H3,(H2,20,21);1H3;3*1H;/q;;;;;;+3/p-3. The molecule has 68 heavy (non-hydrogen) atoms. The zero-order valence-electron chi connectivity index (χ0n) is 39.6. The molecule has 4 aromatic heterocycles. The van der Waals surface area contributed by atoms with Crippen LogP contribution in [0.3, 0.4) is 0 Å². The number of pyridine rings is 2. The molecule has 6 N–H and O–H groups in total. The average Bonchev–Trinajstić information content (AvgIpc) is 4.01. The third-order valence-electron chi connectivity index (χ3n) is 12.7. The molecule has 1 aliphatic carbocycles. The van der Waals surface area contributed by atoms with Crippen molar-refractivity contribution in [1.82, 2.24) is 34.0 Å². The Labute approximate surface area is 453 Å². The monoisotopic (exact) mass is 1410 g/mol. The molecule has 8 rings (SSSR count). The summed E-state index contributed by atoms with van der Waals surface area (Å²) in [7, 11) is 0. The van der Waals surface area contributed by atoms with E-state index in [-0.39, 0.29) is 22.7 Å². The predicted octanol–water partition coefficient (Wildman–Crippen LogP) is 12.3. The number of unbranched alkanes of at least 4 members (excludes halogenated alkanes) is 5. The van der Waals surface area contributed by atoms with Gasteiger partial charge in [0.15, 0.2) is 11.6 Å². The summed E-state index contributed by atoms with van der Waals surface area (Å²) in [6, 6.07) is 16.3. The van der Waals surface area contributed by atoms with E-state index in [0.29, 0.717) is 36.3 Å². The summed E-state index contributed by atoms with van der Waals surface area (Å²) in [6.07, 6.45) is 18.1. The molecule has 368 valence electrons. The van der Waals surface area contributed by atoms with E-state index < -0.39 is 0 Å². The van der Waals surface area contributed by atoms with Gasteiger partial charge in [-0.25, -0.2) is 19.9 Å². The number of nitrogens with zero attached hydrogens (tertiary/aromatic N) is 7. The van der Waals surface area contributed by atoms with Crippen LogP contribution in [0.1, 0.15) is 115 Å². The number of Topliss-reactive ketones (excluding diaryl/α,β-unsaturated/α-hetero) is 1. The molecule has 2 amide bonds. The number of imide groups is 1. The maximum atomic E-state index is 12.9. The number of carbonyl (C=O) groups excluding carboxylic acids is 3. The van der Waals surface area contributed by atoms with Gasteiger partial charge in [0.05, 0.1) is 22.1 Å². The number of fused-ring (bicyclic) bond motifs is 6. The van der Waals surface area contributed by atoms with Crippen molar-refractivity contribution in [1.29, 1.82) is 0 Å². The molecular formula is C50H67I4N10O3V. The first kappa shape index (κ1) is 56.7. The number of para-hydroxylation sites is 2. The number of alkyl halides is 1. The fourth-order valence-electron chi connectivity index (χ4n) is 9.24. The zero-order valence-corrected chi connectivity index (χ0v) is 49.6. The van der Waals surface area contributed by atoms with Gasteiger partial charge in [0.1, 0.15) is 28.5 Å². The molecule has 0 unspecified atom stereocenters. The van der Waals surface area contributed by atoms with E-state index in [1.807, 2.05) is 41.3 Å². The van der Waals surface area contributed by atoms with E-state index in [1.165, 1.54) is 17.1 Å². The summed E-state index contributed by atoms with van der Waals surface area (Å²) in [6.45, 7) is 7.37. The number of halogens is 4. The van der Waals surface area contributed by atoms with Gasteiger partial charge in [-0.1, -0.05) is 92.1 Å². The van der Waals surface area contributed by atoms with Gasteiger partial charge < -0.3 is 26.3 Å². The first-order valence-corrected chi connectivity index (χ1v) is 39.6. The first-order chi connectivity index (χ1) is 32.9. The molecule has 0 spiro atoms. The quantitative estimate of drug-likeness (QED) is 0.0304. The average molecular weight is 1410 g/mol. The number of rotatable bonds is 19. The van der Waals surface area contributed by atoms with Crippen molar-refractivity contribution in [3.63, 3.8) is 0 Å². The van der Waals surface area contributed by atoms with Gasteiger partial charge in [-0.05, 0) is 93.7 Å². The van der Waals surface area contributed by atoms with Gasteiger partial charge in [-0.2, -0.15) is 0 Å². The van der Waals surface area contributed by atoms with Gasteiger partial charge in [0.2, 0.25) is 0 Å². The number of nitrogens with two attached hydrogens (primary N) is 3. The first-order valence-electron chi connectivity index (χ1n) is 23.9. The molecule has 6 aromatic rings. The second-order valence-electron chi connectivity index (χ2n) is 17.3. The molecule has 18 heteroatoms. The van der Waals surface area contributed by atoms with Crippen LogP contribution in [0.25, 0.3) is 43.9 Å². The van der Waals surface area contributed by atoms with Crippen molar-refractivity contribution in [2.75, 3.05) is 29.5 Å². The van der Waals surface area contributed by atoms with Crippen LogP contribution in [0, 0.1) is 11.8 Å². The van der Waals surface area contributed by atoms with Crippen LogP contribution < -0.4 is 17.2 Å². The van der Waals surface area contributed by atoms with E-state index in [0.717, 1.165) is 171 Å². The molecule has 5 heterocycles. The number of carbonyl (C=O) groups is 3. The van der Waals surface area contributed by atoms with Crippen LogP contribution in [-0.2, 0) is 45.2 Å². The third-order valence-corrected chi connectivity index (χ3v) is 12.7. The fourth-order valence-corrected chi connectivity index (χ4v) is 9.24. The molecule has 1 saturated carbocycles. The number of benzene rings is 2. The molecule has 1 aliphatic heterocycles. The van der Waals surface area contributed by atoms with Crippen molar-refractivity contribution in [2.45, 2.75) is 130 Å². The Hall–Kier alpha value is -2.19. The van der Waals surface area contributed by atoms with Crippen molar-refractivity contribution in [3.8, 4) is 0 Å². The Morgan fingerprint density at radius 3 is 1.57 bits per heavy atom. The van der Waals surface area contributed by atoms with Gasteiger partial charge >= 0.3 is 64.9 Å². The number of hydrogen-bond donors (Lipinski definition) is 3. The van der Waals surface area contributed by atoms with Crippen molar-refractivity contribution >= 4 is 156 Å². The number of nitrogen functional groups attached to an aromatic ring is 2. The number of anilines is 2. The molecular weight excluding hydrogens is 1350 g/mol. The minimum atomic E-state index is -0.278. The van der Waals surface area contributed by atoms with E-state index >= 15 is 0 Å². The Morgan fingerprint density at radius 2 is 1.12 bits per heavy atom. The SMILES string of the molecule is CCCCc1nc2c(N)nc3ccccc3c2n1CCCCCC(=O)C1CCC(CN2C(=O)C=CC2=O)CC1.CCCCc1nc2c(N)nc3ccccc3c2n1CCCCN.CI.[I][V]([I])[I]. The molecule has 0 radical (unpaired) electrons. The Balaban J connectivity index is 0.000000252. The predicted molar refractivity (Wildman–Crippen MR) is 311 cm³/mol. The van der Waals surface area contributed by atoms with E-state index in [2.05, 4.69) is 128 Å². The topological polar surface area (TPSA) is 194 Å². The summed E-state index contributed by atoms with van der Waals surface area (Å²) in [5.74, 6) is 3.54. The summed E-state index contributed by atoms with van der Waals surface area (Å²) in [5.41, 5.74) is 23.8. The molecule has 0 bridgehead atoms. The number of aryl methyl sites for hydroxylation is 4. The van der Waals surface area contributed by atoms with Crippen LogP contribution in [0.15, 0.2) is 60.7 Å². The summed E-state index contributed by atoms with van der Waals surface area (Å²) >= 11 is 9.54. The number of imidazole rings is 2. The van der Waals surface area contributed by atoms with Crippen molar-refractivity contribution in [3.05, 3.63) is 72.3 Å². The van der Waals surface area contributed by atoms with Gasteiger partial charge in [-0.3, -0.25) is 19.3 Å². The van der Waals surface area contributed by atoms with Crippen LogP contribution in [-0.4, -0.2) is 69.6 Å². The fraction of sp³-hybridized carbons (Fsp3) is 0.500. The van der Waals surface area contributed by atoms with Crippen molar-refractivity contribution < 1.29 is 19.3 Å². The van der Waals surface area contributed by atoms with Gasteiger partial charge in [0, 0.05) is 67.7 Å². The molecule has 1 fully saturated rings. The second kappa shape index (κ2) is 29.4. The Morgan fingerprint density at radius 1 is 0.662 bits per heavy atom. The van der Waals surface area contributed by atoms with Gasteiger partial charge in [-0.15, -0.1) is 0 Å². The normalized spacial score (nSPS) is 15.8. The number of amides is 2. The van der Waals surface area contributed by atoms with E-state index in [9.17, 15) is 14.4 Å². The maximum absolute atomic E-state index is 12.9. The zero-order chi connectivity index (χ0) is 49.2. The number of hydrogen-bond acceptors (Lipinski definition) is 10. The minimum absolute atomic E-state index is 0.115. The van der Waals surface area contributed by atoms with E-state index in [1.54, 1.807) is 0 Å². The number of aromatic nitrogens is 6. The second-order valence-corrected chi connectivity index (χ2v) is 52.7. The Bertz CT molecular complexity index is 2610. The van der Waals surface area contributed by atoms with Gasteiger partial charge in [0.25, 0.3) is 11.8 Å². The third kappa shape index (κ3) is 15.4. The number of ketones is 1. The van der Waals surface area contributed by atoms with Crippen LogP contribution >= 0.6 is 82.5 Å². The molecule has 0 atom stereocenters. The summed E-state index contributed by atoms with van der Waals surface area (Å²) in [5, 5.41) is 2.21. The molecule has 0 saturated heterocycles. The Kier molecular flexibility index (Phi) is 24.5. The molecule has 13 nitrogen and oxygen atoms in total. The van der Waals surface area contributed by atoms with Crippen LogP contribution in [0.2, 0.25) is 0 Å².